The second-order valence-corrected chi connectivity index (χ2v) is 6.05. The van der Waals surface area contributed by atoms with E-state index in [1.165, 1.54) is 6.07 Å². The second kappa shape index (κ2) is 5.73. The lowest BCUT2D eigenvalue weighted by atomic mass is 9.91. The molecule has 114 valence electrons. The van der Waals surface area contributed by atoms with Crippen LogP contribution in [0.5, 0.6) is 0 Å². The number of halogens is 1. The third kappa shape index (κ3) is 3.24. The standard InChI is InChI=1S/C16H20FNO3/c17-14-9-13(16(3-4-16)10-15(19)20)2-1-12(14)11-18-5-7-21-8-6-18/h1-2,9H,3-8,10-11H2,(H,19,20). The SMILES string of the molecule is O=C(O)CC1(c2ccc(CN3CCOCC3)c(F)c2)CC1. The summed E-state index contributed by atoms with van der Waals surface area (Å²) in [6, 6.07) is 5.24. The fourth-order valence-electron chi connectivity index (χ4n) is 3.01. The molecule has 0 spiro atoms. The van der Waals surface area contributed by atoms with Crippen molar-refractivity contribution in [1.82, 2.24) is 4.90 Å². The van der Waals surface area contributed by atoms with Gasteiger partial charge in [0.05, 0.1) is 19.6 Å². The van der Waals surface area contributed by atoms with Crippen molar-refractivity contribution in [3.05, 3.63) is 35.1 Å². The highest BCUT2D eigenvalue weighted by Crippen LogP contribution is 2.51. The maximum Gasteiger partial charge on any atom is 0.304 e. The molecule has 3 rings (SSSR count). The summed E-state index contributed by atoms with van der Waals surface area (Å²) in [4.78, 5) is 13.1. The van der Waals surface area contributed by atoms with E-state index in [2.05, 4.69) is 4.90 Å². The molecule has 0 bridgehead atoms. The Morgan fingerprint density at radius 1 is 1.33 bits per heavy atom. The van der Waals surface area contributed by atoms with Crippen LogP contribution in [0.15, 0.2) is 18.2 Å². The average molecular weight is 293 g/mol. The summed E-state index contributed by atoms with van der Waals surface area (Å²) in [5.41, 5.74) is 1.17. The lowest BCUT2D eigenvalue weighted by Gasteiger charge is -2.27. The van der Waals surface area contributed by atoms with Crippen LogP contribution in [0.3, 0.4) is 0 Å². The lowest BCUT2D eigenvalue weighted by Crippen LogP contribution is -2.35. The molecule has 1 aliphatic heterocycles. The van der Waals surface area contributed by atoms with E-state index in [0.717, 1.165) is 31.5 Å². The topological polar surface area (TPSA) is 49.8 Å². The largest absolute Gasteiger partial charge is 0.481 e. The Morgan fingerprint density at radius 3 is 2.62 bits per heavy atom. The molecule has 0 aromatic heterocycles. The van der Waals surface area contributed by atoms with Crippen molar-refractivity contribution in [3.8, 4) is 0 Å². The first-order valence-electron chi connectivity index (χ1n) is 7.40. The number of nitrogens with zero attached hydrogens (tertiary/aromatic N) is 1. The van der Waals surface area contributed by atoms with Crippen molar-refractivity contribution in [2.24, 2.45) is 0 Å². The molecule has 0 amide bonds. The molecule has 1 aromatic rings. The van der Waals surface area contributed by atoms with E-state index >= 15 is 0 Å². The van der Waals surface area contributed by atoms with Gasteiger partial charge in [0.2, 0.25) is 0 Å². The molecule has 1 N–H and O–H groups in total. The molecule has 2 aliphatic rings. The highest BCUT2D eigenvalue weighted by molar-refractivity contribution is 5.70. The van der Waals surface area contributed by atoms with Crippen LogP contribution in [-0.4, -0.2) is 42.3 Å². The maximum absolute atomic E-state index is 14.3. The van der Waals surface area contributed by atoms with Gasteiger partial charge in [-0.1, -0.05) is 12.1 Å². The summed E-state index contributed by atoms with van der Waals surface area (Å²) in [7, 11) is 0. The predicted molar refractivity (Wildman–Crippen MR) is 75.7 cm³/mol. The maximum atomic E-state index is 14.3. The molecule has 1 aromatic carbocycles. The first-order valence-corrected chi connectivity index (χ1v) is 7.40. The van der Waals surface area contributed by atoms with Gasteiger partial charge in [-0.05, 0) is 24.5 Å². The van der Waals surface area contributed by atoms with Crippen LogP contribution < -0.4 is 0 Å². The molecule has 4 nitrogen and oxygen atoms in total. The Kier molecular flexibility index (Phi) is 3.95. The van der Waals surface area contributed by atoms with E-state index in [4.69, 9.17) is 9.84 Å². The van der Waals surface area contributed by atoms with Crippen LogP contribution in [-0.2, 0) is 21.5 Å². The van der Waals surface area contributed by atoms with Gasteiger partial charge in [-0.25, -0.2) is 4.39 Å². The molecule has 1 heterocycles. The Morgan fingerprint density at radius 2 is 2.05 bits per heavy atom. The third-order valence-electron chi connectivity index (χ3n) is 4.51. The Labute approximate surface area is 123 Å². The van der Waals surface area contributed by atoms with Gasteiger partial charge in [-0.2, -0.15) is 0 Å². The van der Waals surface area contributed by atoms with E-state index < -0.39 is 5.97 Å². The first-order chi connectivity index (χ1) is 10.1. The van der Waals surface area contributed by atoms with Crippen molar-refractivity contribution in [3.63, 3.8) is 0 Å². The van der Waals surface area contributed by atoms with Gasteiger partial charge in [0.25, 0.3) is 0 Å². The number of hydrogen-bond acceptors (Lipinski definition) is 3. The number of carbonyl (C=O) groups is 1. The van der Waals surface area contributed by atoms with E-state index in [-0.39, 0.29) is 17.7 Å². The van der Waals surface area contributed by atoms with E-state index in [1.54, 1.807) is 0 Å². The molecule has 0 radical (unpaired) electrons. The van der Waals surface area contributed by atoms with Crippen LogP contribution in [0.25, 0.3) is 0 Å². The molecular formula is C16H20FNO3. The van der Waals surface area contributed by atoms with Crippen molar-refractivity contribution < 1.29 is 19.0 Å². The number of carboxylic acids is 1. The molecule has 21 heavy (non-hydrogen) atoms. The summed E-state index contributed by atoms with van der Waals surface area (Å²) < 4.78 is 19.6. The van der Waals surface area contributed by atoms with Crippen LogP contribution in [0.1, 0.15) is 30.4 Å². The van der Waals surface area contributed by atoms with E-state index in [1.807, 2.05) is 12.1 Å². The number of aliphatic carboxylic acids is 1. The van der Waals surface area contributed by atoms with Gasteiger partial charge in [-0.15, -0.1) is 0 Å². The minimum absolute atomic E-state index is 0.0925. The zero-order chi connectivity index (χ0) is 14.9. The van der Waals surface area contributed by atoms with Crippen LogP contribution in [0, 0.1) is 5.82 Å². The summed E-state index contributed by atoms with van der Waals surface area (Å²) in [6.07, 6.45) is 1.76. The molecule has 2 fully saturated rings. The quantitative estimate of drug-likeness (QED) is 0.904. The molecule has 1 aliphatic carbocycles. The normalized spacial score (nSPS) is 21.2. The Bertz CT molecular complexity index is 536. The summed E-state index contributed by atoms with van der Waals surface area (Å²) >= 11 is 0. The Hall–Kier alpha value is -1.46. The van der Waals surface area contributed by atoms with Gasteiger partial charge in [0, 0.05) is 30.6 Å². The predicted octanol–water partition coefficient (Wildman–Crippen LogP) is 2.16. The third-order valence-corrected chi connectivity index (χ3v) is 4.51. The molecule has 5 heteroatoms. The summed E-state index contributed by atoms with van der Waals surface area (Å²) in [6.45, 7) is 3.62. The van der Waals surface area contributed by atoms with E-state index in [9.17, 15) is 9.18 Å². The zero-order valence-electron chi connectivity index (χ0n) is 12.0. The van der Waals surface area contributed by atoms with Gasteiger partial charge >= 0.3 is 5.97 Å². The lowest BCUT2D eigenvalue weighted by molar-refractivity contribution is -0.137. The fraction of sp³-hybridized carbons (Fsp3) is 0.562. The smallest absolute Gasteiger partial charge is 0.304 e. The van der Waals surface area contributed by atoms with Gasteiger partial charge in [0.1, 0.15) is 5.82 Å². The van der Waals surface area contributed by atoms with Crippen LogP contribution in [0.4, 0.5) is 4.39 Å². The van der Waals surface area contributed by atoms with E-state index in [0.29, 0.717) is 25.3 Å². The van der Waals surface area contributed by atoms with Gasteiger partial charge in [0.15, 0.2) is 0 Å². The Balaban J connectivity index is 1.72. The van der Waals surface area contributed by atoms with Crippen molar-refractivity contribution in [1.29, 1.82) is 0 Å². The van der Waals surface area contributed by atoms with Crippen LogP contribution in [0.2, 0.25) is 0 Å². The highest BCUT2D eigenvalue weighted by Gasteiger charge is 2.46. The minimum atomic E-state index is -0.815. The second-order valence-electron chi connectivity index (χ2n) is 6.05. The molecular weight excluding hydrogens is 273 g/mol. The van der Waals surface area contributed by atoms with Crippen molar-refractivity contribution >= 4 is 5.97 Å². The van der Waals surface area contributed by atoms with Gasteiger partial charge in [-0.3, -0.25) is 9.69 Å². The van der Waals surface area contributed by atoms with Crippen molar-refractivity contribution in [2.75, 3.05) is 26.3 Å². The van der Waals surface area contributed by atoms with Gasteiger partial charge < -0.3 is 9.84 Å². The number of benzene rings is 1. The number of morpholine rings is 1. The molecule has 0 unspecified atom stereocenters. The molecule has 1 saturated carbocycles. The monoisotopic (exact) mass is 293 g/mol. The van der Waals surface area contributed by atoms with Crippen LogP contribution >= 0.6 is 0 Å². The minimum Gasteiger partial charge on any atom is -0.481 e. The average Bonchev–Trinajstić information content (AvgIpc) is 3.22. The fourth-order valence-corrected chi connectivity index (χ4v) is 3.01. The first kappa shape index (κ1) is 14.5. The number of rotatable bonds is 5. The number of hydrogen-bond donors (Lipinski definition) is 1. The highest BCUT2D eigenvalue weighted by atomic mass is 19.1. The number of ether oxygens (including phenoxy) is 1. The van der Waals surface area contributed by atoms with Crippen molar-refractivity contribution in [2.45, 2.75) is 31.2 Å². The zero-order valence-corrected chi connectivity index (χ0v) is 12.0. The summed E-state index contributed by atoms with van der Waals surface area (Å²) in [5, 5.41) is 8.98. The summed E-state index contributed by atoms with van der Waals surface area (Å²) in [5.74, 6) is -1.04. The molecule has 0 atom stereocenters. The molecule has 1 saturated heterocycles. The number of carboxylic acid groups (broad SMARTS) is 1.